The summed E-state index contributed by atoms with van der Waals surface area (Å²) in [4.78, 5) is 10.9. The summed E-state index contributed by atoms with van der Waals surface area (Å²) in [6.07, 6.45) is 0. The van der Waals surface area contributed by atoms with Crippen LogP contribution in [-0.4, -0.2) is 43.8 Å². The number of hydrogen-bond donors (Lipinski definition) is 2. The Morgan fingerprint density at radius 3 is 2.84 bits per heavy atom. The number of carboxylic acids is 1. The topological polar surface area (TPSA) is 97.5 Å². The van der Waals surface area contributed by atoms with E-state index >= 15 is 0 Å². The van der Waals surface area contributed by atoms with E-state index < -0.39 is 5.97 Å². The molecular weight excluding hydrogens is 342 g/mol. The van der Waals surface area contributed by atoms with Gasteiger partial charge in [-0.3, -0.25) is 9.36 Å². The molecule has 0 aliphatic carbocycles. The molecule has 126 valence electrons. The summed E-state index contributed by atoms with van der Waals surface area (Å²) in [6.45, 7) is 0. The molecule has 0 fully saturated rings. The molecule has 3 rings (SSSR count). The fourth-order valence-corrected chi connectivity index (χ4v) is 2.91. The number of aliphatic carboxylic acids is 1. The standard InChI is InChI=1S/C17H13N3O4S/c1-24-13-9-5-8-12(21)15(13)20-16(11-6-3-2-4-7-11)18-19-17(20)25-10-14(22)23/h2-3,5-6,8-9,21H,10H2,1H3,(H,22,23). The van der Waals surface area contributed by atoms with Gasteiger partial charge in [0.05, 0.1) is 18.4 Å². The number of phenols is 1. The minimum absolute atomic E-state index is 0.0440. The lowest BCUT2D eigenvalue weighted by atomic mass is 10.2. The fraction of sp³-hybridized carbons (Fsp3) is 0.118. The van der Waals surface area contributed by atoms with Gasteiger partial charge in [-0.05, 0) is 24.3 Å². The van der Waals surface area contributed by atoms with E-state index in [9.17, 15) is 9.90 Å². The number of carbonyl (C=O) groups is 1. The van der Waals surface area contributed by atoms with Crippen LogP contribution in [0.25, 0.3) is 17.1 Å². The number of phenolic OH excluding ortho intramolecular Hbond substituents is 1. The molecule has 0 atom stereocenters. The van der Waals surface area contributed by atoms with Crippen LogP contribution in [0.5, 0.6) is 11.5 Å². The summed E-state index contributed by atoms with van der Waals surface area (Å²) < 4.78 is 6.90. The molecule has 8 heteroatoms. The van der Waals surface area contributed by atoms with Crippen molar-refractivity contribution in [3.63, 3.8) is 0 Å². The summed E-state index contributed by atoms with van der Waals surface area (Å²) in [7, 11) is 1.48. The molecule has 0 amide bonds. The Morgan fingerprint density at radius 1 is 1.32 bits per heavy atom. The average molecular weight is 355 g/mol. The predicted molar refractivity (Wildman–Crippen MR) is 91.0 cm³/mol. The van der Waals surface area contributed by atoms with E-state index in [1.54, 1.807) is 34.9 Å². The highest BCUT2D eigenvalue weighted by molar-refractivity contribution is 7.99. The first-order valence-corrected chi connectivity index (χ1v) is 8.15. The summed E-state index contributed by atoms with van der Waals surface area (Å²) in [5.74, 6) is -0.427. The zero-order valence-electron chi connectivity index (χ0n) is 13.1. The maximum atomic E-state index is 10.9. The van der Waals surface area contributed by atoms with Gasteiger partial charge < -0.3 is 14.9 Å². The van der Waals surface area contributed by atoms with E-state index in [0.717, 1.165) is 11.8 Å². The average Bonchev–Trinajstić information content (AvgIpc) is 3.03. The lowest BCUT2D eigenvalue weighted by Gasteiger charge is -2.14. The van der Waals surface area contributed by atoms with Crippen LogP contribution in [0.1, 0.15) is 0 Å². The molecule has 0 saturated carbocycles. The normalized spacial score (nSPS) is 10.3. The largest absolute Gasteiger partial charge is 0.506 e. The molecule has 0 spiro atoms. The van der Waals surface area contributed by atoms with Crippen LogP contribution in [0.4, 0.5) is 0 Å². The van der Waals surface area contributed by atoms with Crippen molar-refractivity contribution in [2.75, 3.05) is 12.9 Å². The van der Waals surface area contributed by atoms with Crippen molar-refractivity contribution < 1.29 is 19.7 Å². The number of nitrogens with zero attached hydrogens (tertiary/aromatic N) is 3. The Bertz CT molecular complexity index is 896. The number of methoxy groups -OCH3 is 1. The van der Waals surface area contributed by atoms with E-state index in [1.807, 2.05) is 0 Å². The maximum Gasteiger partial charge on any atom is 0.313 e. The number of para-hydroxylation sites is 1. The zero-order chi connectivity index (χ0) is 17.8. The lowest BCUT2D eigenvalue weighted by Crippen LogP contribution is -2.05. The Kier molecular flexibility index (Phi) is 4.77. The van der Waals surface area contributed by atoms with Gasteiger partial charge in [0.2, 0.25) is 0 Å². The highest BCUT2D eigenvalue weighted by Gasteiger charge is 2.22. The molecule has 2 N–H and O–H groups in total. The third-order valence-electron chi connectivity index (χ3n) is 3.27. The SMILES string of the molecule is COc1cccc(O)c1-n1c(SCC(=O)O)nnc1-c1c#cccc1. The molecule has 2 aromatic carbocycles. The fourth-order valence-electron chi connectivity index (χ4n) is 2.25. The smallest absolute Gasteiger partial charge is 0.313 e. The zero-order valence-corrected chi connectivity index (χ0v) is 13.9. The molecule has 0 radical (unpaired) electrons. The first-order valence-electron chi connectivity index (χ1n) is 7.17. The molecule has 3 aromatic rings. The van der Waals surface area contributed by atoms with Gasteiger partial charge in [0.25, 0.3) is 0 Å². The van der Waals surface area contributed by atoms with Crippen LogP contribution >= 0.6 is 11.8 Å². The summed E-state index contributed by atoms with van der Waals surface area (Å²) in [5, 5.41) is 27.8. The van der Waals surface area contributed by atoms with E-state index in [1.165, 1.54) is 13.2 Å². The number of carboxylic acid groups (broad SMARTS) is 1. The highest BCUT2D eigenvalue weighted by atomic mass is 32.2. The van der Waals surface area contributed by atoms with Gasteiger partial charge in [0.15, 0.2) is 11.0 Å². The third kappa shape index (κ3) is 3.36. The van der Waals surface area contributed by atoms with Crippen molar-refractivity contribution in [2.24, 2.45) is 0 Å². The molecule has 0 saturated heterocycles. The van der Waals surface area contributed by atoms with E-state index in [0.29, 0.717) is 28.0 Å². The summed E-state index contributed by atoms with van der Waals surface area (Å²) in [5.41, 5.74) is 0.928. The summed E-state index contributed by atoms with van der Waals surface area (Å²) in [6, 6.07) is 15.9. The molecule has 0 aliphatic rings. The number of rotatable bonds is 6. The number of benzene rings is 1. The van der Waals surface area contributed by atoms with E-state index in [-0.39, 0.29) is 11.5 Å². The van der Waals surface area contributed by atoms with Crippen molar-refractivity contribution in [1.82, 2.24) is 14.8 Å². The van der Waals surface area contributed by atoms with Gasteiger partial charge in [-0.25, -0.2) is 0 Å². The van der Waals surface area contributed by atoms with Crippen LogP contribution in [0, 0.1) is 12.1 Å². The van der Waals surface area contributed by atoms with Crippen molar-refractivity contribution in [3.8, 4) is 28.6 Å². The van der Waals surface area contributed by atoms with Gasteiger partial charge >= 0.3 is 5.97 Å². The monoisotopic (exact) mass is 355 g/mol. The predicted octanol–water partition coefficient (Wildman–Crippen LogP) is 2.43. The van der Waals surface area contributed by atoms with Crippen LogP contribution < -0.4 is 4.74 Å². The molecule has 7 nitrogen and oxygen atoms in total. The number of aromatic nitrogens is 3. The van der Waals surface area contributed by atoms with E-state index in [4.69, 9.17) is 9.84 Å². The number of hydrogen-bond acceptors (Lipinski definition) is 6. The van der Waals surface area contributed by atoms with Gasteiger partial charge in [-0.15, -0.1) is 10.2 Å². The first kappa shape index (κ1) is 16.7. The minimum Gasteiger partial charge on any atom is -0.506 e. The van der Waals surface area contributed by atoms with Crippen molar-refractivity contribution >= 4 is 17.7 Å². The van der Waals surface area contributed by atoms with Crippen LogP contribution in [0.2, 0.25) is 0 Å². The third-order valence-corrected chi connectivity index (χ3v) is 4.18. The second-order valence-corrected chi connectivity index (χ2v) is 5.80. The number of ether oxygens (including phenoxy) is 1. The maximum absolute atomic E-state index is 10.9. The second kappa shape index (κ2) is 7.15. The Hall–Kier alpha value is -3.18. The van der Waals surface area contributed by atoms with Gasteiger partial charge in [0, 0.05) is 0 Å². The van der Waals surface area contributed by atoms with Crippen molar-refractivity contribution in [3.05, 3.63) is 48.5 Å². The lowest BCUT2D eigenvalue weighted by molar-refractivity contribution is -0.133. The Morgan fingerprint density at radius 2 is 2.16 bits per heavy atom. The van der Waals surface area contributed by atoms with Gasteiger partial charge in [0.1, 0.15) is 17.2 Å². The van der Waals surface area contributed by atoms with Gasteiger partial charge in [-0.2, -0.15) is 0 Å². The van der Waals surface area contributed by atoms with E-state index in [2.05, 4.69) is 22.3 Å². The molecule has 25 heavy (non-hydrogen) atoms. The van der Waals surface area contributed by atoms with Crippen molar-refractivity contribution in [2.45, 2.75) is 5.16 Å². The second-order valence-electron chi connectivity index (χ2n) is 4.86. The molecule has 1 aromatic heterocycles. The van der Waals surface area contributed by atoms with Crippen LogP contribution in [0.15, 0.2) is 41.6 Å². The van der Waals surface area contributed by atoms with Crippen molar-refractivity contribution in [1.29, 1.82) is 0 Å². The minimum atomic E-state index is -0.982. The molecule has 0 bridgehead atoms. The Balaban J connectivity index is 2.22. The van der Waals surface area contributed by atoms with Crippen LogP contribution in [0.3, 0.4) is 0 Å². The quantitative estimate of drug-likeness (QED) is 0.655. The molecular formula is C17H13N3O4S. The molecule has 1 heterocycles. The Labute approximate surface area is 147 Å². The molecule has 0 aliphatic heterocycles. The number of aromatic hydroxyl groups is 1. The van der Waals surface area contributed by atoms with Crippen LogP contribution in [-0.2, 0) is 4.79 Å². The highest BCUT2D eigenvalue weighted by Crippen LogP contribution is 2.37. The molecule has 0 unspecified atom stereocenters. The van der Waals surface area contributed by atoms with Gasteiger partial charge in [-0.1, -0.05) is 36.0 Å². The summed E-state index contributed by atoms with van der Waals surface area (Å²) >= 11 is 0.992. The number of thioether (sulfide) groups is 1. The first-order chi connectivity index (χ1) is 12.1.